The van der Waals surface area contributed by atoms with Crippen molar-refractivity contribution in [2.45, 2.75) is 11.8 Å². The van der Waals surface area contributed by atoms with Gasteiger partial charge in [-0.05, 0) is 61.0 Å². The highest BCUT2D eigenvalue weighted by Gasteiger charge is 2.27. The highest BCUT2D eigenvalue weighted by atomic mass is 32.2. The summed E-state index contributed by atoms with van der Waals surface area (Å²) in [6.45, 7) is 4.19. The number of methoxy groups -OCH3 is 1. The van der Waals surface area contributed by atoms with Gasteiger partial charge in [-0.2, -0.15) is 0 Å². The van der Waals surface area contributed by atoms with E-state index in [1.54, 1.807) is 25.1 Å². The Bertz CT molecular complexity index is 1230. The van der Waals surface area contributed by atoms with E-state index < -0.39 is 0 Å². The number of likely N-dealkylation sites (N-methyl/N-ethyl adjacent to an activating group) is 2. The number of amides is 2. The van der Waals surface area contributed by atoms with E-state index in [9.17, 15) is 9.59 Å². The average Bonchev–Trinajstić information content (AvgIpc) is 2.90. The van der Waals surface area contributed by atoms with E-state index in [1.165, 1.54) is 11.8 Å². The zero-order chi connectivity index (χ0) is 24.8. The predicted molar refractivity (Wildman–Crippen MR) is 143 cm³/mol. The smallest absolute Gasteiger partial charge is 0.264 e. The molecule has 0 saturated heterocycles. The Morgan fingerprint density at radius 1 is 1.09 bits per heavy atom. The van der Waals surface area contributed by atoms with E-state index >= 15 is 0 Å². The highest BCUT2D eigenvalue weighted by molar-refractivity contribution is 8.04. The number of carbonyl (C=O) groups is 2. The van der Waals surface area contributed by atoms with Gasteiger partial charge in [0.1, 0.15) is 5.75 Å². The first-order chi connectivity index (χ1) is 17.0. The second-order valence-electron chi connectivity index (χ2n) is 8.10. The summed E-state index contributed by atoms with van der Waals surface area (Å²) in [7, 11) is 3.36. The van der Waals surface area contributed by atoms with Gasteiger partial charge < -0.3 is 19.9 Å². The van der Waals surface area contributed by atoms with Crippen molar-refractivity contribution in [3.05, 3.63) is 88.8 Å². The largest absolute Gasteiger partial charge is 0.497 e. The number of hydrogen-bond donors (Lipinski definition) is 1. The fourth-order valence-corrected chi connectivity index (χ4v) is 4.99. The Labute approximate surface area is 210 Å². The summed E-state index contributed by atoms with van der Waals surface area (Å²) in [5.74, 6) is 0.519. The van der Waals surface area contributed by atoms with Crippen molar-refractivity contribution in [2.24, 2.45) is 0 Å². The summed E-state index contributed by atoms with van der Waals surface area (Å²) in [4.78, 5) is 31.2. The van der Waals surface area contributed by atoms with Gasteiger partial charge >= 0.3 is 0 Å². The summed E-state index contributed by atoms with van der Waals surface area (Å²) in [6, 6.07) is 23.2. The molecule has 6 nitrogen and oxygen atoms in total. The number of ether oxygens (including phenoxy) is 1. The van der Waals surface area contributed by atoms with Crippen LogP contribution < -0.4 is 19.9 Å². The van der Waals surface area contributed by atoms with Crippen LogP contribution in [0.25, 0.3) is 6.08 Å². The second kappa shape index (κ2) is 11.1. The number of rotatable bonds is 8. The molecule has 1 N–H and O–H groups in total. The van der Waals surface area contributed by atoms with Crippen molar-refractivity contribution in [3.8, 4) is 5.75 Å². The van der Waals surface area contributed by atoms with Crippen LogP contribution in [0.1, 0.15) is 22.8 Å². The van der Waals surface area contributed by atoms with E-state index in [1.807, 2.05) is 60.7 Å². The third-order valence-corrected chi connectivity index (χ3v) is 6.98. The fraction of sp³-hybridized carbons (Fsp3) is 0.214. The maximum absolute atomic E-state index is 13.0. The minimum atomic E-state index is -0.151. The third-order valence-electron chi connectivity index (χ3n) is 5.90. The number of thioether (sulfide) groups is 1. The summed E-state index contributed by atoms with van der Waals surface area (Å²) in [5.41, 5.74) is 3.33. The minimum absolute atomic E-state index is 0.0997. The molecule has 180 valence electrons. The molecule has 35 heavy (non-hydrogen) atoms. The second-order valence-corrected chi connectivity index (χ2v) is 9.19. The van der Waals surface area contributed by atoms with Crippen LogP contribution in [-0.2, 0) is 4.79 Å². The molecule has 0 aliphatic carbocycles. The van der Waals surface area contributed by atoms with Crippen molar-refractivity contribution in [1.29, 1.82) is 0 Å². The van der Waals surface area contributed by atoms with Crippen molar-refractivity contribution < 1.29 is 14.3 Å². The first-order valence-corrected chi connectivity index (χ1v) is 12.4. The maximum Gasteiger partial charge on any atom is 0.264 e. The lowest BCUT2D eigenvalue weighted by Crippen LogP contribution is -2.35. The molecule has 3 aromatic carbocycles. The topological polar surface area (TPSA) is 61.9 Å². The molecule has 4 rings (SSSR count). The van der Waals surface area contributed by atoms with E-state index in [2.05, 4.69) is 29.3 Å². The Morgan fingerprint density at radius 3 is 2.51 bits per heavy atom. The standard InChI is InChI=1S/C28H29N3O3S/c1-4-31(22-8-6-5-7-9-22)17-16-29-27(32)21-12-15-25-24(19-21)30(2)28(33)26(35-25)18-20-10-13-23(34-3)14-11-20/h5-15,18-19H,4,16-17H2,1-3H3,(H,29,32). The lowest BCUT2D eigenvalue weighted by molar-refractivity contribution is -0.114. The molecule has 1 aliphatic heterocycles. The van der Waals surface area contributed by atoms with Crippen molar-refractivity contribution in [1.82, 2.24) is 5.32 Å². The summed E-state index contributed by atoms with van der Waals surface area (Å²) >= 11 is 1.42. The van der Waals surface area contributed by atoms with Crippen LogP contribution in [0.15, 0.2) is 82.6 Å². The van der Waals surface area contributed by atoms with Crippen LogP contribution >= 0.6 is 11.8 Å². The fourth-order valence-electron chi connectivity index (χ4n) is 3.90. The van der Waals surface area contributed by atoms with Crippen molar-refractivity contribution >= 4 is 41.0 Å². The molecule has 0 saturated carbocycles. The molecule has 1 aliphatic rings. The first kappa shape index (κ1) is 24.4. The quantitative estimate of drug-likeness (QED) is 0.450. The number of hydrogen-bond acceptors (Lipinski definition) is 5. The third kappa shape index (κ3) is 5.69. The Morgan fingerprint density at radius 2 is 1.83 bits per heavy atom. The van der Waals surface area contributed by atoms with Gasteiger partial charge in [0.05, 0.1) is 17.7 Å². The minimum Gasteiger partial charge on any atom is -0.497 e. The van der Waals surface area contributed by atoms with E-state index in [0.717, 1.165) is 34.1 Å². The molecule has 0 unspecified atom stereocenters. The van der Waals surface area contributed by atoms with E-state index in [0.29, 0.717) is 23.6 Å². The maximum atomic E-state index is 13.0. The molecule has 3 aromatic rings. The Hall–Kier alpha value is -3.71. The summed E-state index contributed by atoms with van der Waals surface area (Å²) < 4.78 is 5.20. The van der Waals surface area contributed by atoms with E-state index in [-0.39, 0.29) is 11.8 Å². The lowest BCUT2D eigenvalue weighted by Gasteiger charge is -2.27. The van der Waals surface area contributed by atoms with Crippen LogP contribution in [0.3, 0.4) is 0 Å². The van der Waals surface area contributed by atoms with Gasteiger partial charge in [0.2, 0.25) is 0 Å². The van der Waals surface area contributed by atoms with Gasteiger partial charge in [-0.25, -0.2) is 0 Å². The van der Waals surface area contributed by atoms with Gasteiger partial charge in [-0.3, -0.25) is 9.59 Å². The Kier molecular flexibility index (Phi) is 7.77. The van der Waals surface area contributed by atoms with Gasteiger partial charge in [0.15, 0.2) is 0 Å². The summed E-state index contributed by atoms with van der Waals surface area (Å²) in [6.07, 6.45) is 1.87. The first-order valence-electron chi connectivity index (χ1n) is 11.5. The zero-order valence-corrected chi connectivity index (χ0v) is 21.0. The monoisotopic (exact) mass is 487 g/mol. The SMILES string of the molecule is CCN(CCNC(=O)c1ccc2c(c1)N(C)C(=O)C(=Cc1ccc(OC)cc1)S2)c1ccccc1. The van der Waals surface area contributed by atoms with Crippen LogP contribution in [0.2, 0.25) is 0 Å². The molecule has 0 radical (unpaired) electrons. The lowest BCUT2D eigenvalue weighted by atomic mass is 10.1. The highest BCUT2D eigenvalue weighted by Crippen LogP contribution is 2.42. The van der Waals surface area contributed by atoms with Crippen LogP contribution in [-0.4, -0.2) is 45.6 Å². The van der Waals surface area contributed by atoms with Gasteiger partial charge in [-0.1, -0.05) is 42.1 Å². The van der Waals surface area contributed by atoms with Crippen LogP contribution in [0, 0.1) is 0 Å². The van der Waals surface area contributed by atoms with E-state index in [4.69, 9.17) is 4.74 Å². The van der Waals surface area contributed by atoms with Crippen LogP contribution in [0.4, 0.5) is 11.4 Å². The van der Waals surface area contributed by atoms with Gasteiger partial charge in [0.25, 0.3) is 11.8 Å². The predicted octanol–water partition coefficient (Wildman–Crippen LogP) is 5.06. The molecule has 7 heteroatoms. The normalized spacial score (nSPS) is 14.0. The number of anilines is 2. The number of nitrogens with one attached hydrogen (secondary N) is 1. The molecule has 0 fully saturated rings. The van der Waals surface area contributed by atoms with Crippen LogP contribution in [0.5, 0.6) is 5.75 Å². The van der Waals surface area contributed by atoms with Gasteiger partial charge in [0, 0.05) is 42.8 Å². The zero-order valence-electron chi connectivity index (χ0n) is 20.2. The number of fused-ring (bicyclic) bond motifs is 1. The summed E-state index contributed by atoms with van der Waals surface area (Å²) in [5, 5.41) is 3.00. The molecule has 1 heterocycles. The number of para-hydroxylation sites is 1. The molecule has 0 bridgehead atoms. The Balaban J connectivity index is 1.43. The molecular weight excluding hydrogens is 458 g/mol. The number of nitrogens with zero attached hydrogens (tertiary/aromatic N) is 2. The molecule has 2 amide bonds. The number of carbonyl (C=O) groups excluding carboxylic acids is 2. The van der Waals surface area contributed by atoms with Gasteiger partial charge in [-0.15, -0.1) is 0 Å². The molecule has 0 atom stereocenters. The molecular formula is C28H29N3O3S. The van der Waals surface area contributed by atoms with Crippen molar-refractivity contribution in [3.63, 3.8) is 0 Å². The molecule has 0 aromatic heterocycles. The van der Waals surface area contributed by atoms with Crippen molar-refractivity contribution in [2.75, 3.05) is 43.6 Å². The average molecular weight is 488 g/mol. The number of benzene rings is 3. The molecule has 0 spiro atoms.